The smallest absolute Gasteiger partial charge is 0.185 e. The Hall–Kier alpha value is -1.54. The Morgan fingerprint density at radius 2 is 2.10 bits per heavy atom. The molecule has 3 rings (SSSR count). The zero-order chi connectivity index (χ0) is 14.5. The second-order valence-electron chi connectivity index (χ2n) is 4.89. The van der Waals surface area contributed by atoms with Crippen LogP contribution < -0.4 is 4.90 Å². The minimum atomic E-state index is 0.735. The van der Waals surface area contributed by atoms with Gasteiger partial charge in [0.05, 0.1) is 6.54 Å². The van der Waals surface area contributed by atoms with E-state index in [2.05, 4.69) is 26.6 Å². The first-order valence-corrected chi connectivity index (χ1v) is 8.18. The highest BCUT2D eigenvalue weighted by atomic mass is 35.5. The van der Waals surface area contributed by atoms with E-state index in [-0.39, 0.29) is 0 Å². The van der Waals surface area contributed by atoms with Crippen LogP contribution in [0.25, 0.3) is 0 Å². The predicted octanol–water partition coefficient (Wildman–Crippen LogP) is 2.97. The van der Waals surface area contributed by atoms with E-state index >= 15 is 0 Å². The van der Waals surface area contributed by atoms with Crippen LogP contribution in [0.15, 0.2) is 35.8 Å². The molecule has 3 nitrogen and oxygen atoms in total. The second-order valence-corrected chi connectivity index (χ2v) is 6.20. The van der Waals surface area contributed by atoms with Crippen LogP contribution >= 0.6 is 22.9 Å². The third-order valence-electron chi connectivity index (χ3n) is 3.42. The predicted molar refractivity (Wildman–Crippen MR) is 89.1 cm³/mol. The van der Waals surface area contributed by atoms with Crippen molar-refractivity contribution in [2.75, 3.05) is 37.6 Å². The number of benzene rings is 1. The number of nitrogens with zero attached hydrogens (tertiary/aromatic N) is 3. The van der Waals surface area contributed by atoms with Crippen molar-refractivity contribution in [3.05, 3.63) is 46.4 Å². The Bertz CT molecular complexity index is 637. The quantitative estimate of drug-likeness (QED) is 0.794. The maximum Gasteiger partial charge on any atom is 0.185 e. The molecule has 5 heteroatoms. The topological polar surface area (TPSA) is 19.4 Å². The molecule has 1 aliphatic rings. The van der Waals surface area contributed by atoms with Gasteiger partial charge in [-0.2, -0.15) is 0 Å². The van der Waals surface area contributed by atoms with Gasteiger partial charge in [0.1, 0.15) is 0 Å². The molecule has 1 aromatic carbocycles. The highest BCUT2D eigenvalue weighted by Crippen LogP contribution is 2.18. The van der Waals surface area contributed by atoms with Crippen molar-refractivity contribution in [3.8, 4) is 11.8 Å². The monoisotopic (exact) mass is 317 g/mol. The summed E-state index contributed by atoms with van der Waals surface area (Å²) in [5.41, 5.74) is 0.976. The van der Waals surface area contributed by atoms with Gasteiger partial charge in [0, 0.05) is 48.3 Å². The molecule has 2 heterocycles. The fourth-order valence-electron chi connectivity index (χ4n) is 2.29. The molecule has 1 aliphatic heterocycles. The van der Waals surface area contributed by atoms with Crippen LogP contribution in [0, 0.1) is 11.8 Å². The van der Waals surface area contributed by atoms with E-state index < -0.39 is 0 Å². The standard InChI is InChI=1S/C16H16ClN3S/c17-15-5-1-3-14(13-15)4-2-7-19-8-10-20(11-9-19)16-18-6-12-21-16/h1,3,5-6,12-13H,7-11H2. The zero-order valence-electron chi connectivity index (χ0n) is 11.6. The molecule has 0 spiro atoms. The Balaban J connectivity index is 1.50. The molecule has 0 atom stereocenters. The number of halogens is 1. The van der Waals surface area contributed by atoms with E-state index in [1.54, 1.807) is 11.3 Å². The van der Waals surface area contributed by atoms with Gasteiger partial charge in [0.25, 0.3) is 0 Å². The number of aromatic nitrogens is 1. The van der Waals surface area contributed by atoms with Gasteiger partial charge in [-0.3, -0.25) is 4.90 Å². The summed E-state index contributed by atoms with van der Waals surface area (Å²) < 4.78 is 0. The van der Waals surface area contributed by atoms with Gasteiger partial charge < -0.3 is 4.90 Å². The van der Waals surface area contributed by atoms with Gasteiger partial charge >= 0.3 is 0 Å². The molecule has 0 unspecified atom stereocenters. The summed E-state index contributed by atoms with van der Waals surface area (Å²) in [6.45, 7) is 4.91. The summed E-state index contributed by atoms with van der Waals surface area (Å²) in [6.07, 6.45) is 1.86. The van der Waals surface area contributed by atoms with Crippen molar-refractivity contribution in [2.24, 2.45) is 0 Å². The Morgan fingerprint density at radius 1 is 1.24 bits per heavy atom. The molecule has 1 saturated heterocycles. The number of piperazine rings is 1. The van der Waals surface area contributed by atoms with E-state index in [0.717, 1.165) is 48.4 Å². The minimum Gasteiger partial charge on any atom is -0.346 e. The first-order chi connectivity index (χ1) is 10.3. The highest BCUT2D eigenvalue weighted by Gasteiger charge is 2.17. The molecule has 0 radical (unpaired) electrons. The van der Waals surface area contributed by atoms with Crippen LogP contribution in [-0.2, 0) is 0 Å². The molecule has 0 bridgehead atoms. The van der Waals surface area contributed by atoms with E-state index in [9.17, 15) is 0 Å². The Labute approximate surface area is 134 Å². The van der Waals surface area contributed by atoms with E-state index in [1.165, 1.54) is 0 Å². The van der Waals surface area contributed by atoms with Crippen LogP contribution in [0.4, 0.5) is 5.13 Å². The average molecular weight is 318 g/mol. The number of rotatable bonds is 2. The van der Waals surface area contributed by atoms with Crippen LogP contribution in [0.5, 0.6) is 0 Å². The fraction of sp³-hybridized carbons (Fsp3) is 0.312. The third-order valence-corrected chi connectivity index (χ3v) is 4.49. The summed E-state index contributed by atoms with van der Waals surface area (Å²) in [6, 6.07) is 7.68. The first-order valence-electron chi connectivity index (χ1n) is 6.92. The Kier molecular flexibility index (Phi) is 4.76. The molecule has 0 aliphatic carbocycles. The number of thiazole rings is 1. The zero-order valence-corrected chi connectivity index (χ0v) is 13.2. The van der Waals surface area contributed by atoms with Gasteiger partial charge in [-0.15, -0.1) is 11.3 Å². The molecule has 108 valence electrons. The van der Waals surface area contributed by atoms with Gasteiger partial charge in [0.15, 0.2) is 5.13 Å². The lowest BCUT2D eigenvalue weighted by Crippen LogP contribution is -2.46. The summed E-state index contributed by atoms with van der Waals surface area (Å²) >= 11 is 7.65. The lowest BCUT2D eigenvalue weighted by molar-refractivity contribution is 0.288. The number of hydrogen-bond acceptors (Lipinski definition) is 4. The van der Waals surface area contributed by atoms with Crippen molar-refractivity contribution < 1.29 is 0 Å². The second kappa shape index (κ2) is 6.95. The molecule has 2 aromatic rings. The van der Waals surface area contributed by atoms with Crippen LogP contribution in [0.3, 0.4) is 0 Å². The third kappa shape index (κ3) is 3.98. The maximum absolute atomic E-state index is 5.95. The molecule has 0 amide bonds. The van der Waals surface area contributed by atoms with E-state index in [4.69, 9.17) is 11.6 Å². The number of hydrogen-bond donors (Lipinski definition) is 0. The molecule has 0 N–H and O–H groups in total. The van der Waals surface area contributed by atoms with Gasteiger partial charge in [-0.25, -0.2) is 4.98 Å². The summed E-state index contributed by atoms with van der Waals surface area (Å²) in [5.74, 6) is 6.41. The van der Waals surface area contributed by atoms with Crippen LogP contribution in [-0.4, -0.2) is 42.6 Å². The summed E-state index contributed by atoms with van der Waals surface area (Å²) in [5, 5.41) is 3.89. The average Bonchev–Trinajstić information content (AvgIpc) is 3.02. The van der Waals surface area contributed by atoms with Crippen molar-refractivity contribution in [2.45, 2.75) is 0 Å². The van der Waals surface area contributed by atoms with E-state index in [0.29, 0.717) is 0 Å². The summed E-state index contributed by atoms with van der Waals surface area (Å²) in [7, 11) is 0. The first kappa shape index (κ1) is 14.4. The molecule has 21 heavy (non-hydrogen) atoms. The molecule has 1 aromatic heterocycles. The fourth-order valence-corrected chi connectivity index (χ4v) is 3.18. The van der Waals surface area contributed by atoms with Crippen molar-refractivity contribution in [3.63, 3.8) is 0 Å². The molecule has 1 fully saturated rings. The SMILES string of the molecule is Clc1cccc(C#CCN2CCN(c3nccs3)CC2)c1. The van der Waals surface area contributed by atoms with Gasteiger partial charge in [-0.05, 0) is 18.2 Å². The maximum atomic E-state index is 5.95. The van der Waals surface area contributed by atoms with Crippen LogP contribution in [0.1, 0.15) is 5.56 Å². The highest BCUT2D eigenvalue weighted by molar-refractivity contribution is 7.13. The van der Waals surface area contributed by atoms with Crippen molar-refractivity contribution in [1.82, 2.24) is 9.88 Å². The minimum absolute atomic E-state index is 0.735. The van der Waals surface area contributed by atoms with Gasteiger partial charge in [0.2, 0.25) is 0 Å². The Morgan fingerprint density at radius 3 is 2.81 bits per heavy atom. The number of anilines is 1. The molecule has 0 saturated carbocycles. The van der Waals surface area contributed by atoms with Crippen molar-refractivity contribution >= 4 is 28.1 Å². The lowest BCUT2D eigenvalue weighted by Gasteiger charge is -2.33. The largest absolute Gasteiger partial charge is 0.346 e. The lowest BCUT2D eigenvalue weighted by atomic mass is 10.2. The normalized spacial score (nSPS) is 15.6. The van der Waals surface area contributed by atoms with Crippen molar-refractivity contribution in [1.29, 1.82) is 0 Å². The van der Waals surface area contributed by atoms with E-state index in [1.807, 2.05) is 35.8 Å². The molecular formula is C16H16ClN3S. The summed E-state index contributed by atoms with van der Waals surface area (Å²) in [4.78, 5) is 9.08. The van der Waals surface area contributed by atoms with Gasteiger partial charge in [-0.1, -0.05) is 29.5 Å². The molecular weight excluding hydrogens is 302 g/mol. The van der Waals surface area contributed by atoms with Crippen LogP contribution in [0.2, 0.25) is 5.02 Å².